The lowest BCUT2D eigenvalue weighted by atomic mass is 9.51. The predicted molar refractivity (Wildman–Crippen MR) is 86.7 cm³/mol. The molecule has 0 N–H and O–H groups in total. The van der Waals surface area contributed by atoms with Crippen molar-refractivity contribution < 1.29 is 17.5 Å². The summed E-state index contributed by atoms with van der Waals surface area (Å²) in [6, 6.07) is 7.09. The van der Waals surface area contributed by atoms with Crippen molar-refractivity contribution >= 4 is 15.8 Å². The predicted octanol–water partition coefficient (Wildman–Crippen LogP) is 2.87. The number of hydrogen-bond acceptors (Lipinski definition) is 6. The topological polar surface area (TPSA) is 110 Å². The number of nitriles is 1. The Morgan fingerprint density at radius 1 is 1.12 bits per heavy atom. The third-order valence-corrected chi connectivity index (χ3v) is 7.39. The van der Waals surface area contributed by atoms with Gasteiger partial charge in [-0.1, -0.05) is 0 Å². The molecule has 0 heterocycles. The lowest BCUT2D eigenvalue weighted by molar-refractivity contribution is -0.384. The van der Waals surface area contributed by atoms with Crippen LogP contribution in [-0.2, 0) is 14.3 Å². The lowest BCUT2D eigenvalue weighted by Gasteiger charge is -2.55. The van der Waals surface area contributed by atoms with Gasteiger partial charge in [0, 0.05) is 18.1 Å². The minimum atomic E-state index is -4.01. The van der Waals surface area contributed by atoms with E-state index in [2.05, 4.69) is 6.07 Å². The molecule has 1 aromatic rings. The minimum Gasteiger partial charge on any atom is -0.262 e. The van der Waals surface area contributed by atoms with Crippen molar-refractivity contribution in [2.75, 3.05) is 0 Å². The highest BCUT2D eigenvalue weighted by molar-refractivity contribution is 7.86. The van der Waals surface area contributed by atoms with E-state index < -0.39 is 21.1 Å². The average molecular weight is 362 g/mol. The Hall–Kier alpha value is -1.98. The Morgan fingerprint density at radius 3 is 2.44 bits per heavy atom. The molecule has 0 radical (unpaired) electrons. The number of nitro groups is 1. The zero-order chi connectivity index (χ0) is 17.8. The summed E-state index contributed by atoms with van der Waals surface area (Å²) in [6.07, 6.45) is 3.29. The van der Waals surface area contributed by atoms with E-state index in [4.69, 9.17) is 4.18 Å². The highest BCUT2D eigenvalue weighted by Crippen LogP contribution is 2.57. The summed E-state index contributed by atoms with van der Waals surface area (Å²) in [4.78, 5) is 10.0. The first kappa shape index (κ1) is 16.5. The zero-order valence-electron chi connectivity index (χ0n) is 13.4. The van der Waals surface area contributed by atoms with Gasteiger partial charge < -0.3 is 0 Å². The second-order valence-corrected chi connectivity index (χ2v) is 8.99. The largest absolute Gasteiger partial charge is 0.297 e. The van der Waals surface area contributed by atoms with Crippen LogP contribution < -0.4 is 0 Å². The van der Waals surface area contributed by atoms with E-state index in [-0.39, 0.29) is 28.3 Å². The van der Waals surface area contributed by atoms with Gasteiger partial charge in [-0.3, -0.25) is 14.3 Å². The van der Waals surface area contributed by atoms with E-state index >= 15 is 0 Å². The third kappa shape index (κ3) is 2.71. The molecule has 4 saturated carbocycles. The van der Waals surface area contributed by atoms with Gasteiger partial charge in [0.2, 0.25) is 0 Å². The van der Waals surface area contributed by atoms with Gasteiger partial charge in [-0.25, -0.2) is 0 Å². The van der Waals surface area contributed by atoms with Crippen molar-refractivity contribution in [2.45, 2.75) is 36.7 Å². The first-order valence-electron chi connectivity index (χ1n) is 8.46. The molecule has 0 amide bonds. The Bertz CT molecular complexity index is 845. The summed E-state index contributed by atoms with van der Waals surface area (Å²) in [5.74, 6) is 0.966. The fraction of sp³-hybridized carbons (Fsp3) is 0.588. The molecule has 7 nitrogen and oxygen atoms in total. The van der Waals surface area contributed by atoms with Crippen LogP contribution in [-0.4, -0.2) is 19.4 Å². The maximum absolute atomic E-state index is 12.6. The summed E-state index contributed by atoms with van der Waals surface area (Å²) in [7, 11) is -4.01. The van der Waals surface area contributed by atoms with E-state index in [0.717, 1.165) is 37.8 Å². The molecule has 4 aliphatic rings. The molecular weight excluding hydrogens is 344 g/mol. The quantitative estimate of drug-likeness (QED) is 0.463. The van der Waals surface area contributed by atoms with Crippen LogP contribution in [0.5, 0.6) is 0 Å². The zero-order valence-corrected chi connectivity index (χ0v) is 14.3. The van der Waals surface area contributed by atoms with Gasteiger partial charge >= 0.3 is 0 Å². The van der Waals surface area contributed by atoms with Crippen molar-refractivity contribution in [3.8, 4) is 6.07 Å². The van der Waals surface area contributed by atoms with Crippen LogP contribution >= 0.6 is 0 Å². The molecule has 0 saturated heterocycles. The second kappa shape index (κ2) is 5.78. The van der Waals surface area contributed by atoms with Crippen molar-refractivity contribution in [2.24, 2.45) is 29.6 Å². The van der Waals surface area contributed by atoms with Gasteiger partial charge in [-0.15, -0.1) is 0 Å². The van der Waals surface area contributed by atoms with Crippen LogP contribution in [0.3, 0.4) is 0 Å². The fourth-order valence-electron chi connectivity index (χ4n) is 5.14. The van der Waals surface area contributed by atoms with Crippen molar-refractivity contribution in [1.29, 1.82) is 5.26 Å². The van der Waals surface area contributed by atoms with Gasteiger partial charge in [-0.2, -0.15) is 13.7 Å². The molecule has 4 bridgehead atoms. The highest BCUT2D eigenvalue weighted by atomic mass is 32.2. The molecule has 4 aliphatic carbocycles. The van der Waals surface area contributed by atoms with Gasteiger partial charge in [0.15, 0.2) is 0 Å². The lowest BCUT2D eigenvalue weighted by Crippen LogP contribution is -2.54. The summed E-state index contributed by atoms with van der Waals surface area (Å²) in [5, 5.41) is 20.2. The average Bonchev–Trinajstić information content (AvgIpc) is 2.58. The van der Waals surface area contributed by atoms with E-state index in [1.165, 1.54) is 12.1 Å². The molecule has 0 unspecified atom stereocenters. The molecule has 5 rings (SSSR count). The van der Waals surface area contributed by atoms with Crippen molar-refractivity contribution in [3.63, 3.8) is 0 Å². The molecule has 8 heteroatoms. The van der Waals surface area contributed by atoms with Gasteiger partial charge in [-0.05, 0) is 55.6 Å². The summed E-state index contributed by atoms with van der Waals surface area (Å²) in [5.41, 5.74) is -0.168. The highest BCUT2D eigenvalue weighted by Gasteiger charge is 2.55. The number of nitrogens with zero attached hydrogens (tertiary/aromatic N) is 2. The second-order valence-electron chi connectivity index (χ2n) is 7.41. The van der Waals surface area contributed by atoms with E-state index in [1.54, 1.807) is 0 Å². The maximum Gasteiger partial charge on any atom is 0.297 e. The smallest absolute Gasteiger partial charge is 0.262 e. The number of rotatable bonds is 4. The summed E-state index contributed by atoms with van der Waals surface area (Å²) < 4.78 is 30.8. The van der Waals surface area contributed by atoms with Crippen LogP contribution in [0, 0.1) is 51.0 Å². The summed E-state index contributed by atoms with van der Waals surface area (Å²) in [6.45, 7) is 0. The van der Waals surface area contributed by atoms with E-state index in [0.29, 0.717) is 11.8 Å². The fourth-order valence-corrected chi connectivity index (χ4v) is 6.32. The molecule has 0 spiro atoms. The number of non-ortho nitro benzene ring substituents is 1. The first-order valence-corrected chi connectivity index (χ1v) is 9.87. The van der Waals surface area contributed by atoms with Crippen LogP contribution in [0.1, 0.15) is 25.7 Å². The van der Waals surface area contributed by atoms with Gasteiger partial charge in [0.05, 0.1) is 27.9 Å². The molecule has 25 heavy (non-hydrogen) atoms. The Morgan fingerprint density at radius 2 is 1.80 bits per heavy atom. The molecule has 4 fully saturated rings. The van der Waals surface area contributed by atoms with E-state index in [9.17, 15) is 23.8 Å². The third-order valence-electron chi connectivity index (χ3n) is 6.06. The minimum absolute atomic E-state index is 0.0333. The summed E-state index contributed by atoms with van der Waals surface area (Å²) >= 11 is 0. The SMILES string of the molecule is N#C[C@H]1[C@H]2C[C@H]3C[C@H](C2)[C@H](OS(=O)(=O)c2ccc([N+](=O)[O-])cc2)[C@H]1C3. The van der Waals surface area contributed by atoms with Crippen molar-refractivity contribution in [1.82, 2.24) is 0 Å². The molecule has 6 atom stereocenters. The Balaban J connectivity index is 1.58. The molecule has 0 aromatic heterocycles. The molecule has 132 valence electrons. The van der Waals surface area contributed by atoms with Crippen LogP contribution in [0.2, 0.25) is 0 Å². The monoisotopic (exact) mass is 362 g/mol. The molecule has 0 aliphatic heterocycles. The van der Waals surface area contributed by atoms with Gasteiger partial charge in [0.25, 0.3) is 15.8 Å². The maximum atomic E-state index is 12.6. The first-order chi connectivity index (χ1) is 11.9. The Kier molecular flexibility index (Phi) is 3.81. The van der Waals surface area contributed by atoms with E-state index in [1.807, 2.05) is 0 Å². The van der Waals surface area contributed by atoms with Crippen LogP contribution in [0.15, 0.2) is 29.2 Å². The van der Waals surface area contributed by atoms with Crippen molar-refractivity contribution in [3.05, 3.63) is 34.4 Å². The van der Waals surface area contributed by atoms with Crippen LogP contribution in [0.4, 0.5) is 5.69 Å². The number of hydrogen-bond donors (Lipinski definition) is 0. The van der Waals surface area contributed by atoms with Crippen LogP contribution in [0.25, 0.3) is 0 Å². The standard InChI is InChI=1S/C17H18N2O5S/c18-9-16-11-5-10-6-12(8-11)17(15(16)7-10)24-25(22,23)14-3-1-13(2-4-14)19(20)21/h1-4,10-12,15-17H,5-8H2/t10-,11-,12+,15-,16-,17-/m0/s1. The normalized spacial score (nSPS) is 36.1. The van der Waals surface area contributed by atoms with Gasteiger partial charge in [0.1, 0.15) is 0 Å². The molecular formula is C17H18N2O5S. The number of nitro benzene ring substituents is 1. The number of benzene rings is 1. The Labute approximate surface area is 145 Å². The molecule has 1 aromatic carbocycles.